The Morgan fingerprint density at radius 2 is 1.71 bits per heavy atom. The first-order valence-corrected chi connectivity index (χ1v) is 6.73. The molecule has 0 bridgehead atoms. The van der Waals surface area contributed by atoms with Gasteiger partial charge in [-0.15, -0.1) is 11.8 Å². The van der Waals surface area contributed by atoms with E-state index in [9.17, 15) is 0 Å². The molecule has 0 fully saturated rings. The molecule has 0 saturated carbocycles. The summed E-state index contributed by atoms with van der Waals surface area (Å²) in [6, 6.07) is 6.22. The van der Waals surface area contributed by atoms with Crippen LogP contribution in [0, 0.1) is 20.8 Å². The summed E-state index contributed by atoms with van der Waals surface area (Å²) in [5, 5.41) is 5.45. The number of hydrogen-bond acceptors (Lipinski definition) is 3. The van der Waals surface area contributed by atoms with Gasteiger partial charge in [0.2, 0.25) is 0 Å². The van der Waals surface area contributed by atoms with Crippen LogP contribution in [0.2, 0.25) is 0 Å². The minimum Gasteiger partial charge on any atom is -0.384 e. The van der Waals surface area contributed by atoms with Gasteiger partial charge in [0, 0.05) is 6.07 Å². The summed E-state index contributed by atoms with van der Waals surface area (Å²) in [5.41, 5.74) is 10.8. The van der Waals surface area contributed by atoms with Crippen LogP contribution in [-0.4, -0.2) is 16.0 Å². The third-order valence-corrected chi connectivity index (χ3v) is 3.39. The van der Waals surface area contributed by atoms with Crippen molar-refractivity contribution in [2.45, 2.75) is 25.8 Å². The lowest BCUT2D eigenvalue weighted by Crippen LogP contribution is -2.06. The standard InChI is InChI=1S/C13H17N3S/c1-8-5-9(2)13(10(3)6-8)16-11(14)7-12(15-16)17-4/h5-7H,14H2,1-4H3. The Labute approximate surface area is 106 Å². The number of nitrogens with two attached hydrogens (primary N) is 1. The molecule has 90 valence electrons. The highest BCUT2D eigenvalue weighted by Crippen LogP contribution is 2.25. The van der Waals surface area contributed by atoms with Crippen LogP contribution in [-0.2, 0) is 0 Å². The van der Waals surface area contributed by atoms with Gasteiger partial charge in [-0.1, -0.05) is 17.7 Å². The van der Waals surface area contributed by atoms with Crippen LogP contribution in [0.3, 0.4) is 0 Å². The van der Waals surface area contributed by atoms with Gasteiger partial charge in [0.05, 0.1) is 5.69 Å². The van der Waals surface area contributed by atoms with E-state index in [1.54, 1.807) is 11.8 Å². The van der Waals surface area contributed by atoms with E-state index in [1.807, 2.05) is 17.0 Å². The van der Waals surface area contributed by atoms with Crippen LogP contribution in [0.5, 0.6) is 0 Å². The van der Waals surface area contributed by atoms with Crippen molar-refractivity contribution in [1.82, 2.24) is 9.78 Å². The molecule has 0 aliphatic rings. The first-order valence-electron chi connectivity index (χ1n) is 5.50. The van der Waals surface area contributed by atoms with E-state index in [1.165, 1.54) is 16.7 Å². The molecule has 4 heteroatoms. The van der Waals surface area contributed by atoms with E-state index in [2.05, 4.69) is 38.0 Å². The molecule has 0 saturated heterocycles. The fourth-order valence-corrected chi connectivity index (χ4v) is 2.56. The molecular weight excluding hydrogens is 230 g/mol. The van der Waals surface area contributed by atoms with Crippen molar-refractivity contribution in [2.24, 2.45) is 0 Å². The molecule has 0 atom stereocenters. The van der Waals surface area contributed by atoms with E-state index in [0.717, 1.165) is 10.7 Å². The van der Waals surface area contributed by atoms with Gasteiger partial charge in [-0.25, -0.2) is 4.68 Å². The first kappa shape index (κ1) is 12.0. The molecular formula is C13H17N3S. The highest BCUT2D eigenvalue weighted by atomic mass is 32.2. The SMILES string of the molecule is CSc1cc(N)n(-c2c(C)cc(C)cc2C)n1. The molecule has 17 heavy (non-hydrogen) atoms. The Morgan fingerprint density at radius 3 is 2.18 bits per heavy atom. The van der Waals surface area contributed by atoms with Crippen molar-refractivity contribution in [2.75, 3.05) is 12.0 Å². The topological polar surface area (TPSA) is 43.8 Å². The largest absolute Gasteiger partial charge is 0.384 e. The zero-order chi connectivity index (χ0) is 12.6. The monoisotopic (exact) mass is 247 g/mol. The van der Waals surface area contributed by atoms with Gasteiger partial charge in [-0.05, 0) is 38.2 Å². The molecule has 1 aromatic heterocycles. The Hall–Kier alpha value is -1.42. The third kappa shape index (κ3) is 2.17. The van der Waals surface area contributed by atoms with E-state index >= 15 is 0 Å². The maximum absolute atomic E-state index is 6.01. The Balaban J connectivity index is 2.63. The molecule has 0 aliphatic carbocycles. The Bertz CT molecular complexity index is 535. The van der Waals surface area contributed by atoms with Gasteiger partial charge in [-0.2, -0.15) is 5.10 Å². The number of thioether (sulfide) groups is 1. The molecule has 2 aromatic rings. The second-order valence-electron chi connectivity index (χ2n) is 4.27. The fraction of sp³-hybridized carbons (Fsp3) is 0.308. The predicted octanol–water partition coefficient (Wildman–Crippen LogP) is 3.10. The number of nitrogens with zero attached hydrogens (tertiary/aromatic N) is 2. The molecule has 0 amide bonds. The smallest absolute Gasteiger partial charge is 0.128 e. The van der Waals surface area contributed by atoms with Gasteiger partial charge in [0.1, 0.15) is 10.8 Å². The highest BCUT2D eigenvalue weighted by molar-refractivity contribution is 7.98. The second-order valence-corrected chi connectivity index (χ2v) is 5.10. The van der Waals surface area contributed by atoms with Crippen molar-refractivity contribution < 1.29 is 0 Å². The molecule has 3 nitrogen and oxygen atoms in total. The van der Waals surface area contributed by atoms with Crippen molar-refractivity contribution in [1.29, 1.82) is 0 Å². The van der Waals surface area contributed by atoms with Crippen LogP contribution >= 0.6 is 11.8 Å². The molecule has 0 radical (unpaired) electrons. The van der Waals surface area contributed by atoms with Crippen LogP contribution < -0.4 is 5.73 Å². The minimum atomic E-state index is 0.685. The summed E-state index contributed by atoms with van der Waals surface area (Å²) >= 11 is 1.60. The van der Waals surface area contributed by atoms with Gasteiger partial charge >= 0.3 is 0 Å². The lowest BCUT2D eigenvalue weighted by Gasteiger charge is -2.12. The molecule has 1 heterocycles. The molecule has 2 N–H and O–H groups in total. The van der Waals surface area contributed by atoms with Crippen LogP contribution in [0.1, 0.15) is 16.7 Å². The first-order chi connectivity index (χ1) is 8.02. The summed E-state index contributed by atoms with van der Waals surface area (Å²) in [6.07, 6.45) is 2.00. The van der Waals surface area contributed by atoms with Crippen molar-refractivity contribution in [3.05, 3.63) is 34.9 Å². The number of rotatable bonds is 2. The molecule has 2 rings (SSSR count). The zero-order valence-electron chi connectivity index (χ0n) is 10.6. The normalized spacial score (nSPS) is 10.8. The summed E-state index contributed by atoms with van der Waals surface area (Å²) in [5.74, 6) is 0.685. The highest BCUT2D eigenvalue weighted by Gasteiger charge is 2.11. The van der Waals surface area contributed by atoms with E-state index in [-0.39, 0.29) is 0 Å². The number of benzene rings is 1. The minimum absolute atomic E-state index is 0.685. The lowest BCUT2D eigenvalue weighted by atomic mass is 10.1. The maximum Gasteiger partial charge on any atom is 0.128 e. The van der Waals surface area contributed by atoms with Crippen LogP contribution in [0.4, 0.5) is 5.82 Å². The summed E-state index contributed by atoms with van der Waals surface area (Å²) in [7, 11) is 0. The van der Waals surface area contributed by atoms with Gasteiger partial charge in [-0.3, -0.25) is 0 Å². The van der Waals surface area contributed by atoms with Crippen LogP contribution in [0.15, 0.2) is 23.2 Å². The molecule has 1 aromatic carbocycles. The summed E-state index contributed by atoms with van der Waals surface area (Å²) in [4.78, 5) is 0. The number of anilines is 1. The Morgan fingerprint density at radius 1 is 1.12 bits per heavy atom. The average Bonchev–Trinajstić information content (AvgIpc) is 2.59. The van der Waals surface area contributed by atoms with Crippen molar-refractivity contribution >= 4 is 17.6 Å². The summed E-state index contributed by atoms with van der Waals surface area (Å²) < 4.78 is 1.83. The fourth-order valence-electron chi connectivity index (χ4n) is 2.16. The van der Waals surface area contributed by atoms with Crippen LogP contribution in [0.25, 0.3) is 5.69 Å². The van der Waals surface area contributed by atoms with E-state index < -0.39 is 0 Å². The Kier molecular flexibility index (Phi) is 3.15. The molecule has 0 aliphatic heterocycles. The molecule has 0 spiro atoms. The van der Waals surface area contributed by atoms with Crippen molar-refractivity contribution in [3.8, 4) is 5.69 Å². The van der Waals surface area contributed by atoms with Gasteiger partial charge in [0.15, 0.2) is 0 Å². The maximum atomic E-state index is 6.01. The van der Waals surface area contributed by atoms with Gasteiger partial charge < -0.3 is 5.73 Å². The third-order valence-electron chi connectivity index (χ3n) is 2.77. The molecule has 0 unspecified atom stereocenters. The summed E-state index contributed by atoms with van der Waals surface area (Å²) in [6.45, 7) is 6.29. The number of hydrogen-bond donors (Lipinski definition) is 1. The van der Waals surface area contributed by atoms with E-state index in [0.29, 0.717) is 5.82 Å². The van der Waals surface area contributed by atoms with Crippen molar-refractivity contribution in [3.63, 3.8) is 0 Å². The number of nitrogen functional groups attached to an aromatic ring is 1. The number of aryl methyl sites for hydroxylation is 3. The average molecular weight is 247 g/mol. The quantitative estimate of drug-likeness (QED) is 0.829. The van der Waals surface area contributed by atoms with E-state index in [4.69, 9.17) is 5.73 Å². The second kappa shape index (κ2) is 4.45. The lowest BCUT2D eigenvalue weighted by molar-refractivity contribution is 0.833. The number of aromatic nitrogens is 2. The van der Waals surface area contributed by atoms with Gasteiger partial charge in [0.25, 0.3) is 0 Å². The predicted molar refractivity (Wildman–Crippen MR) is 74.0 cm³/mol. The zero-order valence-corrected chi connectivity index (χ0v) is 11.4.